The van der Waals surface area contributed by atoms with Crippen molar-refractivity contribution >= 4 is 16.8 Å². The smallest absolute Gasteiger partial charge is 0.318 e. The number of rotatable bonds is 6. The number of ether oxygens (including phenoxy) is 1. The monoisotopic (exact) mass is 206 g/mol. The van der Waals surface area contributed by atoms with E-state index in [0.29, 0.717) is 5.75 Å². The summed E-state index contributed by atoms with van der Waals surface area (Å²) in [5.41, 5.74) is 0. The Morgan fingerprint density at radius 1 is 1.46 bits per heavy atom. The Bertz CT molecular complexity index is 178. The Morgan fingerprint density at radius 2 is 2.08 bits per heavy atom. The van der Waals surface area contributed by atoms with Crippen molar-refractivity contribution in [1.29, 1.82) is 0 Å². The Morgan fingerprint density at radius 3 is 2.54 bits per heavy atom. The number of hydrogen-bond acceptors (Lipinski definition) is 3. The second-order valence-corrected chi connectivity index (χ2v) is 4.76. The Balaban J connectivity index is 3.59. The Hall–Kier alpha value is -0.380. The largest absolute Gasteiger partial charge is 0.462 e. The van der Waals surface area contributed by atoms with Crippen LogP contribution in [0.1, 0.15) is 33.6 Å². The minimum atomic E-state index is -1.04. The Kier molecular flexibility index (Phi) is 6.86. The van der Waals surface area contributed by atoms with Crippen molar-refractivity contribution < 1.29 is 13.7 Å². The SMILES string of the molecule is CCCCS(=O)CC(=O)OC(C)C. The highest BCUT2D eigenvalue weighted by molar-refractivity contribution is 7.85. The molecular formula is C9H18O3S. The van der Waals surface area contributed by atoms with Gasteiger partial charge in [0.05, 0.1) is 6.10 Å². The molecule has 0 aromatic heterocycles. The first kappa shape index (κ1) is 12.6. The summed E-state index contributed by atoms with van der Waals surface area (Å²) in [4.78, 5) is 11.0. The van der Waals surface area contributed by atoms with E-state index in [-0.39, 0.29) is 17.8 Å². The minimum absolute atomic E-state index is 0.0399. The highest BCUT2D eigenvalue weighted by atomic mass is 32.2. The molecule has 3 nitrogen and oxygen atoms in total. The molecule has 0 amide bonds. The summed E-state index contributed by atoms with van der Waals surface area (Å²) in [7, 11) is -1.04. The maximum absolute atomic E-state index is 11.2. The topological polar surface area (TPSA) is 43.4 Å². The predicted octanol–water partition coefficient (Wildman–Crippen LogP) is 1.49. The fraction of sp³-hybridized carbons (Fsp3) is 0.889. The summed E-state index contributed by atoms with van der Waals surface area (Å²) in [6.07, 6.45) is 1.79. The van der Waals surface area contributed by atoms with Crippen LogP contribution < -0.4 is 0 Å². The van der Waals surface area contributed by atoms with E-state index in [2.05, 4.69) is 0 Å². The van der Waals surface area contributed by atoms with Gasteiger partial charge in [0, 0.05) is 16.6 Å². The first-order valence-electron chi connectivity index (χ1n) is 4.60. The van der Waals surface area contributed by atoms with Crippen molar-refractivity contribution in [3.63, 3.8) is 0 Å². The van der Waals surface area contributed by atoms with Gasteiger partial charge in [-0.3, -0.25) is 9.00 Å². The average Bonchev–Trinajstić information content (AvgIpc) is 1.98. The molecule has 0 rings (SSSR count). The van der Waals surface area contributed by atoms with Crippen LogP contribution in [0, 0.1) is 0 Å². The number of carbonyl (C=O) groups excluding carboxylic acids is 1. The number of esters is 1. The quantitative estimate of drug-likeness (QED) is 0.618. The molecule has 0 heterocycles. The molecule has 0 aliphatic carbocycles. The van der Waals surface area contributed by atoms with Crippen molar-refractivity contribution in [2.45, 2.75) is 39.7 Å². The Labute approximate surface area is 82.3 Å². The van der Waals surface area contributed by atoms with Crippen molar-refractivity contribution in [3.8, 4) is 0 Å². The van der Waals surface area contributed by atoms with Crippen LogP contribution in [0.2, 0.25) is 0 Å². The molecule has 0 spiro atoms. The van der Waals surface area contributed by atoms with E-state index in [1.807, 2.05) is 6.92 Å². The van der Waals surface area contributed by atoms with E-state index in [9.17, 15) is 9.00 Å². The average molecular weight is 206 g/mol. The summed E-state index contributed by atoms with van der Waals surface area (Å²) in [5, 5.41) is 0. The zero-order chi connectivity index (χ0) is 10.3. The summed E-state index contributed by atoms with van der Waals surface area (Å²) >= 11 is 0. The third kappa shape index (κ3) is 7.96. The molecule has 0 aromatic carbocycles. The minimum Gasteiger partial charge on any atom is -0.462 e. The zero-order valence-corrected chi connectivity index (χ0v) is 9.36. The fourth-order valence-electron chi connectivity index (χ4n) is 0.806. The molecule has 0 radical (unpaired) electrons. The van der Waals surface area contributed by atoms with Gasteiger partial charge >= 0.3 is 5.97 Å². The maximum atomic E-state index is 11.2. The van der Waals surface area contributed by atoms with E-state index in [4.69, 9.17) is 4.74 Å². The number of carbonyl (C=O) groups is 1. The van der Waals surface area contributed by atoms with E-state index in [1.54, 1.807) is 13.8 Å². The molecule has 78 valence electrons. The van der Waals surface area contributed by atoms with Gasteiger partial charge in [-0.1, -0.05) is 13.3 Å². The third-order valence-corrected chi connectivity index (χ3v) is 2.67. The van der Waals surface area contributed by atoms with Gasteiger partial charge in [-0.25, -0.2) is 0 Å². The molecule has 0 aromatic rings. The molecule has 0 bridgehead atoms. The van der Waals surface area contributed by atoms with Crippen molar-refractivity contribution in [1.82, 2.24) is 0 Å². The number of unbranched alkanes of at least 4 members (excludes halogenated alkanes) is 1. The van der Waals surface area contributed by atoms with Crippen LogP contribution in [0.5, 0.6) is 0 Å². The lowest BCUT2D eigenvalue weighted by atomic mass is 10.4. The summed E-state index contributed by atoms with van der Waals surface area (Å²) in [6, 6.07) is 0. The van der Waals surface area contributed by atoms with Crippen molar-refractivity contribution in [3.05, 3.63) is 0 Å². The maximum Gasteiger partial charge on any atom is 0.318 e. The van der Waals surface area contributed by atoms with Gasteiger partial charge in [0.2, 0.25) is 0 Å². The van der Waals surface area contributed by atoms with E-state index >= 15 is 0 Å². The van der Waals surface area contributed by atoms with E-state index in [1.165, 1.54) is 0 Å². The lowest BCUT2D eigenvalue weighted by Gasteiger charge is -2.07. The van der Waals surface area contributed by atoms with Crippen molar-refractivity contribution in [2.75, 3.05) is 11.5 Å². The molecule has 0 aliphatic heterocycles. The van der Waals surface area contributed by atoms with Crippen LogP contribution in [0.3, 0.4) is 0 Å². The molecule has 1 unspecified atom stereocenters. The van der Waals surface area contributed by atoms with Crippen LogP contribution in [0.4, 0.5) is 0 Å². The predicted molar refractivity (Wildman–Crippen MR) is 54.0 cm³/mol. The first-order chi connectivity index (χ1) is 6.06. The van der Waals surface area contributed by atoms with Gasteiger partial charge in [0.1, 0.15) is 5.75 Å². The van der Waals surface area contributed by atoms with Crippen LogP contribution in [0.15, 0.2) is 0 Å². The van der Waals surface area contributed by atoms with Crippen LogP contribution in [-0.4, -0.2) is 27.8 Å². The normalized spacial score (nSPS) is 12.9. The fourth-order valence-corrected chi connectivity index (χ4v) is 1.89. The van der Waals surface area contributed by atoms with Gasteiger partial charge < -0.3 is 4.74 Å². The number of hydrogen-bond donors (Lipinski definition) is 0. The molecule has 0 saturated carbocycles. The molecule has 0 aliphatic rings. The van der Waals surface area contributed by atoms with Gasteiger partial charge in [-0.2, -0.15) is 0 Å². The first-order valence-corrected chi connectivity index (χ1v) is 6.09. The molecular weight excluding hydrogens is 188 g/mol. The lowest BCUT2D eigenvalue weighted by molar-refractivity contribution is -0.144. The summed E-state index contributed by atoms with van der Waals surface area (Å²) < 4.78 is 16.1. The van der Waals surface area contributed by atoms with Crippen LogP contribution in [-0.2, 0) is 20.3 Å². The zero-order valence-electron chi connectivity index (χ0n) is 8.54. The molecule has 0 fully saturated rings. The van der Waals surface area contributed by atoms with Gasteiger partial charge in [-0.15, -0.1) is 0 Å². The second kappa shape index (κ2) is 7.06. The van der Waals surface area contributed by atoms with Crippen LogP contribution in [0.25, 0.3) is 0 Å². The lowest BCUT2D eigenvalue weighted by Crippen LogP contribution is -2.19. The molecule has 0 N–H and O–H groups in total. The third-order valence-electron chi connectivity index (χ3n) is 1.37. The molecule has 1 atom stereocenters. The summed E-state index contributed by atoms with van der Waals surface area (Å²) in [6.45, 7) is 5.60. The standard InChI is InChI=1S/C9H18O3S/c1-4-5-6-13(11)7-9(10)12-8(2)3/h8H,4-7H2,1-3H3. The highest BCUT2D eigenvalue weighted by Crippen LogP contribution is 1.95. The van der Waals surface area contributed by atoms with Gasteiger partial charge in [0.15, 0.2) is 0 Å². The van der Waals surface area contributed by atoms with Gasteiger partial charge in [-0.05, 0) is 20.3 Å². The highest BCUT2D eigenvalue weighted by Gasteiger charge is 2.09. The van der Waals surface area contributed by atoms with E-state index < -0.39 is 10.8 Å². The molecule has 4 heteroatoms. The van der Waals surface area contributed by atoms with Crippen LogP contribution >= 0.6 is 0 Å². The summed E-state index contributed by atoms with van der Waals surface area (Å²) in [5.74, 6) is 0.284. The van der Waals surface area contributed by atoms with Gasteiger partial charge in [0.25, 0.3) is 0 Å². The molecule has 0 saturated heterocycles. The van der Waals surface area contributed by atoms with E-state index in [0.717, 1.165) is 12.8 Å². The molecule has 13 heavy (non-hydrogen) atoms. The van der Waals surface area contributed by atoms with Crippen molar-refractivity contribution in [2.24, 2.45) is 0 Å². The second-order valence-electron chi connectivity index (χ2n) is 3.18.